The maximum atomic E-state index is 15.7. The van der Waals surface area contributed by atoms with Gasteiger partial charge in [-0.1, -0.05) is 17.7 Å². The van der Waals surface area contributed by atoms with E-state index in [2.05, 4.69) is 9.36 Å². The van der Waals surface area contributed by atoms with Gasteiger partial charge >= 0.3 is 0 Å². The first kappa shape index (κ1) is 30.4. The molecule has 1 aliphatic heterocycles. The second-order valence-electron chi connectivity index (χ2n) is 9.44. The second-order valence-corrected chi connectivity index (χ2v) is 12.5. The Morgan fingerprint density at radius 1 is 0.911 bits per heavy atom. The number of fused-ring (bicyclic) bond motifs is 1. The fourth-order valence-corrected chi connectivity index (χ4v) is 6.94. The van der Waals surface area contributed by atoms with Crippen LogP contribution in [0.1, 0.15) is 5.56 Å². The number of halogens is 3. The van der Waals surface area contributed by atoms with Crippen LogP contribution in [0.2, 0.25) is 5.02 Å². The van der Waals surface area contributed by atoms with E-state index in [1.54, 1.807) is 42.5 Å². The Balaban J connectivity index is 1.35. The SMILES string of the molecule is COc1ccc(CN(c2ncns2)S(=O)(=O)c2cc(F)c(Oc3ccc(Cl)cc3-c3ccc4c(c3)OCO4)cc2F)c(OC)c1. The predicted octanol–water partition coefficient (Wildman–Crippen LogP) is 7.07. The molecule has 5 aromatic rings. The first-order chi connectivity index (χ1) is 21.7. The van der Waals surface area contributed by atoms with Crippen molar-refractivity contribution in [3.8, 4) is 45.6 Å². The van der Waals surface area contributed by atoms with Crippen LogP contribution in [0.4, 0.5) is 13.9 Å². The minimum Gasteiger partial charge on any atom is -0.497 e. The summed E-state index contributed by atoms with van der Waals surface area (Å²) in [5.74, 6) is -0.937. The summed E-state index contributed by atoms with van der Waals surface area (Å²) in [7, 11) is -1.84. The summed E-state index contributed by atoms with van der Waals surface area (Å²) in [4.78, 5) is 3.08. The van der Waals surface area contributed by atoms with Crippen LogP contribution in [0.25, 0.3) is 11.1 Å². The van der Waals surface area contributed by atoms with E-state index in [0.717, 1.165) is 22.2 Å². The van der Waals surface area contributed by atoms with Gasteiger partial charge < -0.3 is 23.7 Å². The molecule has 0 N–H and O–H groups in total. The van der Waals surface area contributed by atoms with Crippen molar-refractivity contribution < 1.29 is 40.9 Å². The lowest BCUT2D eigenvalue weighted by Gasteiger charge is -2.23. The molecule has 15 heteroatoms. The molecule has 0 unspecified atom stereocenters. The quantitative estimate of drug-likeness (QED) is 0.154. The average molecular weight is 674 g/mol. The molecule has 0 bridgehead atoms. The summed E-state index contributed by atoms with van der Waals surface area (Å²) in [5, 5.41) is 0.302. The molecule has 0 aliphatic carbocycles. The number of ether oxygens (including phenoxy) is 5. The van der Waals surface area contributed by atoms with Crippen molar-refractivity contribution >= 4 is 38.3 Å². The lowest BCUT2D eigenvalue weighted by atomic mass is 10.0. The molecule has 6 rings (SSSR count). The largest absolute Gasteiger partial charge is 0.497 e. The molecule has 0 fully saturated rings. The van der Waals surface area contributed by atoms with Crippen LogP contribution in [0, 0.1) is 11.6 Å². The monoisotopic (exact) mass is 673 g/mol. The first-order valence-electron chi connectivity index (χ1n) is 13.0. The predicted molar refractivity (Wildman–Crippen MR) is 162 cm³/mol. The van der Waals surface area contributed by atoms with Gasteiger partial charge in [0.05, 0.1) is 20.8 Å². The molecule has 45 heavy (non-hydrogen) atoms. The number of hydrogen-bond donors (Lipinski definition) is 0. The fourth-order valence-electron chi connectivity index (χ4n) is 4.57. The van der Waals surface area contributed by atoms with Gasteiger partial charge in [-0.2, -0.15) is 4.37 Å². The minimum absolute atomic E-state index is 0.0671. The minimum atomic E-state index is -4.73. The number of aromatic nitrogens is 2. The first-order valence-corrected chi connectivity index (χ1v) is 15.6. The number of benzene rings is 4. The van der Waals surface area contributed by atoms with Gasteiger partial charge in [0.2, 0.25) is 11.9 Å². The lowest BCUT2D eigenvalue weighted by Crippen LogP contribution is -2.31. The molecule has 4 aromatic carbocycles. The number of rotatable bonds is 10. The van der Waals surface area contributed by atoms with Crippen LogP contribution in [-0.2, 0) is 16.6 Å². The van der Waals surface area contributed by atoms with Gasteiger partial charge in [0, 0.05) is 45.9 Å². The van der Waals surface area contributed by atoms with Crippen LogP contribution in [0.15, 0.2) is 78.0 Å². The van der Waals surface area contributed by atoms with Gasteiger partial charge in [-0.05, 0) is 48.0 Å². The summed E-state index contributed by atoms with van der Waals surface area (Å²) >= 11 is 7.01. The van der Waals surface area contributed by atoms with Crippen molar-refractivity contribution in [3.05, 3.63) is 95.3 Å². The highest BCUT2D eigenvalue weighted by Crippen LogP contribution is 2.42. The Morgan fingerprint density at radius 2 is 1.73 bits per heavy atom. The van der Waals surface area contributed by atoms with Gasteiger partial charge in [-0.3, -0.25) is 0 Å². The topological polar surface area (TPSA) is 109 Å². The van der Waals surface area contributed by atoms with E-state index in [0.29, 0.717) is 56.8 Å². The Bertz CT molecular complexity index is 2000. The molecule has 0 saturated heterocycles. The molecule has 232 valence electrons. The van der Waals surface area contributed by atoms with Crippen molar-refractivity contribution in [3.63, 3.8) is 0 Å². The number of anilines is 1. The molecule has 0 saturated carbocycles. The van der Waals surface area contributed by atoms with E-state index in [-0.39, 0.29) is 24.2 Å². The third-order valence-electron chi connectivity index (χ3n) is 6.77. The van der Waals surface area contributed by atoms with E-state index < -0.39 is 32.3 Å². The maximum Gasteiger partial charge on any atom is 0.269 e. The van der Waals surface area contributed by atoms with E-state index in [4.69, 9.17) is 35.3 Å². The molecular formula is C30H22ClF2N3O7S2. The Morgan fingerprint density at radius 3 is 2.49 bits per heavy atom. The molecular weight excluding hydrogens is 652 g/mol. The fraction of sp³-hybridized carbons (Fsp3) is 0.133. The van der Waals surface area contributed by atoms with E-state index in [1.165, 1.54) is 26.4 Å². The number of sulfonamides is 1. The number of methoxy groups -OCH3 is 2. The Labute approximate surface area is 265 Å². The summed E-state index contributed by atoms with van der Waals surface area (Å²) in [6, 6.07) is 15.8. The van der Waals surface area contributed by atoms with E-state index in [1.807, 2.05) is 0 Å². The zero-order valence-electron chi connectivity index (χ0n) is 23.5. The summed E-state index contributed by atoms with van der Waals surface area (Å²) in [6.45, 7) is -0.255. The van der Waals surface area contributed by atoms with Gasteiger partial charge in [0.15, 0.2) is 23.1 Å². The van der Waals surface area contributed by atoms with E-state index >= 15 is 8.78 Å². The van der Waals surface area contributed by atoms with Crippen molar-refractivity contribution in [1.82, 2.24) is 9.36 Å². The van der Waals surface area contributed by atoms with Gasteiger partial charge in [0.1, 0.15) is 34.3 Å². The molecule has 1 aliphatic rings. The van der Waals surface area contributed by atoms with Crippen LogP contribution in [0.3, 0.4) is 0 Å². The Hall–Kier alpha value is -4.66. The van der Waals surface area contributed by atoms with Crippen LogP contribution in [0.5, 0.6) is 34.5 Å². The normalized spacial score (nSPS) is 12.2. The molecule has 0 amide bonds. The highest BCUT2D eigenvalue weighted by molar-refractivity contribution is 7.93. The zero-order valence-corrected chi connectivity index (χ0v) is 25.9. The zero-order chi connectivity index (χ0) is 31.7. The molecule has 0 radical (unpaired) electrons. The number of nitrogens with zero attached hydrogens (tertiary/aromatic N) is 3. The van der Waals surface area contributed by atoms with Crippen molar-refractivity contribution in [1.29, 1.82) is 0 Å². The summed E-state index contributed by atoms with van der Waals surface area (Å²) < 4.78 is 90.9. The van der Waals surface area contributed by atoms with Gasteiger partial charge in [-0.15, -0.1) is 0 Å². The smallest absolute Gasteiger partial charge is 0.269 e. The van der Waals surface area contributed by atoms with Crippen LogP contribution >= 0.6 is 23.1 Å². The molecule has 2 heterocycles. The molecule has 0 atom stereocenters. The second kappa shape index (κ2) is 12.4. The molecule has 0 spiro atoms. The van der Waals surface area contributed by atoms with Gasteiger partial charge in [-0.25, -0.2) is 26.5 Å². The lowest BCUT2D eigenvalue weighted by molar-refractivity contribution is 0.174. The molecule has 10 nitrogen and oxygen atoms in total. The van der Waals surface area contributed by atoms with Crippen molar-refractivity contribution in [2.45, 2.75) is 11.4 Å². The Kier molecular flexibility index (Phi) is 8.36. The highest BCUT2D eigenvalue weighted by atomic mass is 35.5. The number of hydrogen-bond acceptors (Lipinski definition) is 10. The van der Waals surface area contributed by atoms with Crippen LogP contribution in [-0.4, -0.2) is 38.8 Å². The average Bonchev–Trinajstić information content (AvgIpc) is 3.74. The standard InChI is InChI=1S/C30H22ClF2N3O7S2/c1-39-20-6-3-18(26(11-20)40-2)14-36(30-34-15-35-44-30)45(37,38)29-13-22(32)27(12-23(29)33)43-24-8-5-19(31)10-21(24)17-4-7-25-28(9-17)42-16-41-25/h3-13,15H,14,16H2,1-2H3. The highest BCUT2D eigenvalue weighted by Gasteiger charge is 2.33. The van der Waals surface area contributed by atoms with Gasteiger partial charge in [0.25, 0.3) is 10.0 Å². The summed E-state index contributed by atoms with van der Waals surface area (Å²) in [6.07, 6.45) is 1.16. The van der Waals surface area contributed by atoms with Crippen molar-refractivity contribution in [2.75, 3.05) is 25.3 Å². The third kappa shape index (κ3) is 6.03. The molecule has 1 aromatic heterocycles. The van der Waals surface area contributed by atoms with Crippen molar-refractivity contribution in [2.24, 2.45) is 0 Å². The van der Waals surface area contributed by atoms with E-state index in [9.17, 15) is 8.42 Å². The maximum absolute atomic E-state index is 15.7. The summed E-state index contributed by atoms with van der Waals surface area (Å²) in [5.41, 5.74) is 1.48. The van der Waals surface area contributed by atoms with Crippen LogP contribution < -0.4 is 28.0 Å². The third-order valence-corrected chi connectivity index (χ3v) is 9.56.